The van der Waals surface area contributed by atoms with Crippen LogP contribution in [0.5, 0.6) is 0 Å². The number of nitrogens with two attached hydrogens (primary N) is 1. The highest BCUT2D eigenvalue weighted by Crippen LogP contribution is 2.24. The van der Waals surface area contributed by atoms with Crippen LogP contribution in [-0.2, 0) is 14.3 Å². The Labute approximate surface area is 97.5 Å². The zero-order valence-corrected chi connectivity index (χ0v) is 10.3. The first kappa shape index (κ1) is 13.5. The van der Waals surface area contributed by atoms with E-state index in [1.807, 2.05) is 0 Å². The van der Waals surface area contributed by atoms with Gasteiger partial charge < -0.3 is 15.2 Å². The first-order valence-electron chi connectivity index (χ1n) is 6.09. The predicted octanol–water partition coefficient (Wildman–Crippen LogP) is 1.33. The molecule has 0 spiro atoms. The Hall–Kier alpha value is -0.610. The molecule has 0 saturated heterocycles. The summed E-state index contributed by atoms with van der Waals surface area (Å²) < 4.78 is 10.5. The van der Waals surface area contributed by atoms with E-state index in [9.17, 15) is 4.79 Å². The number of hydrogen-bond acceptors (Lipinski definition) is 4. The summed E-state index contributed by atoms with van der Waals surface area (Å²) in [4.78, 5) is 11.6. The van der Waals surface area contributed by atoms with Gasteiger partial charge in [-0.1, -0.05) is 13.8 Å². The van der Waals surface area contributed by atoms with E-state index >= 15 is 0 Å². The minimum atomic E-state index is -0.110. The smallest absolute Gasteiger partial charge is 0.309 e. The molecule has 16 heavy (non-hydrogen) atoms. The molecule has 2 N–H and O–H groups in total. The second-order valence-corrected chi connectivity index (χ2v) is 4.91. The van der Waals surface area contributed by atoms with Crippen molar-refractivity contribution in [1.29, 1.82) is 0 Å². The molecule has 2 unspecified atom stereocenters. The maximum absolute atomic E-state index is 11.6. The van der Waals surface area contributed by atoms with Crippen LogP contribution in [0.2, 0.25) is 0 Å². The van der Waals surface area contributed by atoms with Crippen molar-refractivity contribution in [3.63, 3.8) is 0 Å². The third kappa shape index (κ3) is 4.94. The lowest BCUT2D eigenvalue weighted by Gasteiger charge is -2.11. The van der Waals surface area contributed by atoms with Crippen molar-refractivity contribution in [2.24, 2.45) is 17.6 Å². The van der Waals surface area contributed by atoms with Gasteiger partial charge in [0.15, 0.2) is 0 Å². The Morgan fingerprint density at radius 3 is 2.69 bits per heavy atom. The lowest BCUT2D eigenvalue weighted by molar-refractivity contribution is -0.150. The van der Waals surface area contributed by atoms with Crippen LogP contribution in [0.15, 0.2) is 0 Å². The fourth-order valence-electron chi connectivity index (χ4n) is 1.87. The van der Waals surface area contributed by atoms with Gasteiger partial charge >= 0.3 is 5.97 Å². The molecule has 0 aliphatic heterocycles. The van der Waals surface area contributed by atoms with E-state index in [0.717, 1.165) is 19.3 Å². The first-order valence-corrected chi connectivity index (χ1v) is 6.09. The molecule has 0 aromatic carbocycles. The Kier molecular flexibility index (Phi) is 5.77. The van der Waals surface area contributed by atoms with Gasteiger partial charge in [-0.3, -0.25) is 4.79 Å². The highest BCUT2D eigenvalue weighted by atomic mass is 16.6. The minimum Gasteiger partial charge on any atom is -0.463 e. The highest BCUT2D eigenvalue weighted by Gasteiger charge is 2.28. The summed E-state index contributed by atoms with van der Waals surface area (Å²) in [6.45, 7) is 5.74. The SMILES string of the molecule is CC(C)COCCOC(=O)C1CCC(N)C1. The number of esters is 1. The molecule has 0 aromatic heterocycles. The van der Waals surface area contributed by atoms with Crippen LogP contribution in [0, 0.1) is 11.8 Å². The van der Waals surface area contributed by atoms with Crippen molar-refractivity contribution < 1.29 is 14.3 Å². The minimum absolute atomic E-state index is 0.0140. The molecular formula is C12H23NO3. The molecule has 1 fully saturated rings. The topological polar surface area (TPSA) is 61.5 Å². The first-order chi connectivity index (χ1) is 7.59. The summed E-state index contributed by atoms with van der Waals surface area (Å²) in [5.41, 5.74) is 5.74. The Morgan fingerprint density at radius 1 is 1.38 bits per heavy atom. The number of hydrogen-bond donors (Lipinski definition) is 1. The number of ether oxygens (including phenoxy) is 2. The Morgan fingerprint density at radius 2 is 2.12 bits per heavy atom. The van der Waals surface area contributed by atoms with Crippen molar-refractivity contribution in [2.75, 3.05) is 19.8 Å². The molecule has 0 heterocycles. The molecule has 0 aromatic rings. The average molecular weight is 229 g/mol. The monoisotopic (exact) mass is 229 g/mol. The summed E-state index contributed by atoms with van der Waals surface area (Å²) in [6.07, 6.45) is 2.57. The molecular weight excluding hydrogens is 206 g/mol. The van der Waals surface area contributed by atoms with Crippen LogP contribution in [0.25, 0.3) is 0 Å². The standard InChI is InChI=1S/C12H23NO3/c1-9(2)8-15-5-6-16-12(14)10-3-4-11(13)7-10/h9-11H,3-8,13H2,1-2H3. The van der Waals surface area contributed by atoms with E-state index in [1.165, 1.54) is 0 Å². The van der Waals surface area contributed by atoms with Crippen LogP contribution in [0.3, 0.4) is 0 Å². The number of carbonyl (C=O) groups excluding carboxylic acids is 1. The maximum Gasteiger partial charge on any atom is 0.309 e. The molecule has 0 bridgehead atoms. The second kappa shape index (κ2) is 6.86. The van der Waals surface area contributed by atoms with Gasteiger partial charge in [-0.05, 0) is 25.2 Å². The molecule has 2 atom stereocenters. The number of rotatable bonds is 6. The Bertz CT molecular complexity index is 218. The maximum atomic E-state index is 11.6. The second-order valence-electron chi connectivity index (χ2n) is 4.91. The van der Waals surface area contributed by atoms with Gasteiger partial charge in [0.25, 0.3) is 0 Å². The third-order valence-corrected chi connectivity index (χ3v) is 2.73. The molecule has 1 aliphatic carbocycles. The zero-order valence-electron chi connectivity index (χ0n) is 10.3. The fourth-order valence-corrected chi connectivity index (χ4v) is 1.87. The summed E-state index contributed by atoms with van der Waals surface area (Å²) in [5, 5.41) is 0. The van der Waals surface area contributed by atoms with Crippen molar-refractivity contribution in [3.05, 3.63) is 0 Å². The van der Waals surface area contributed by atoms with Crippen LogP contribution >= 0.6 is 0 Å². The van der Waals surface area contributed by atoms with E-state index in [0.29, 0.717) is 25.7 Å². The highest BCUT2D eigenvalue weighted by molar-refractivity contribution is 5.72. The summed E-state index contributed by atoms with van der Waals surface area (Å²) in [6, 6.07) is 0.176. The normalized spacial score (nSPS) is 25.0. The molecule has 0 radical (unpaired) electrons. The third-order valence-electron chi connectivity index (χ3n) is 2.73. The van der Waals surface area contributed by atoms with E-state index < -0.39 is 0 Å². The summed E-state index contributed by atoms with van der Waals surface area (Å²) in [5.74, 6) is 0.421. The molecule has 1 saturated carbocycles. The van der Waals surface area contributed by atoms with E-state index in [1.54, 1.807) is 0 Å². The fraction of sp³-hybridized carbons (Fsp3) is 0.917. The van der Waals surface area contributed by atoms with Crippen molar-refractivity contribution in [1.82, 2.24) is 0 Å². The van der Waals surface area contributed by atoms with Crippen LogP contribution < -0.4 is 5.73 Å². The summed E-state index contributed by atoms with van der Waals surface area (Å²) in [7, 11) is 0. The van der Waals surface area contributed by atoms with Crippen molar-refractivity contribution in [2.45, 2.75) is 39.2 Å². The quantitative estimate of drug-likeness (QED) is 0.551. The van der Waals surface area contributed by atoms with Crippen molar-refractivity contribution >= 4 is 5.97 Å². The zero-order chi connectivity index (χ0) is 12.0. The molecule has 94 valence electrons. The lowest BCUT2D eigenvalue weighted by Crippen LogP contribution is -2.21. The molecule has 1 aliphatic rings. The van der Waals surface area contributed by atoms with Gasteiger partial charge in [-0.15, -0.1) is 0 Å². The Balaban J connectivity index is 2.02. The lowest BCUT2D eigenvalue weighted by atomic mass is 10.1. The van der Waals surface area contributed by atoms with Crippen LogP contribution in [0.4, 0.5) is 0 Å². The molecule has 4 nitrogen and oxygen atoms in total. The van der Waals surface area contributed by atoms with Crippen LogP contribution in [-0.4, -0.2) is 31.8 Å². The van der Waals surface area contributed by atoms with Crippen LogP contribution in [0.1, 0.15) is 33.1 Å². The van der Waals surface area contributed by atoms with E-state index in [-0.39, 0.29) is 17.9 Å². The predicted molar refractivity (Wildman–Crippen MR) is 61.9 cm³/mol. The van der Waals surface area contributed by atoms with Gasteiger partial charge in [0.1, 0.15) is 6.61 Å². The number of carbonyl (C=O) groups is 1. The van der Waals surface area contributed by atoms with Gasteiger partial charge in [-0.2, -0.15) is 0 Å². The summed E-state index contributed by atoms with van der Waals surface area (Å²) >= 11 is 0. The van der Waals surface area contributed by atoms with Gasteiger partial charge in [0.05, 0.1) is 12.5 Å². The van der Waals surface area contributed by atoms with Gasteiger partial charge in [-0.25, -0.2) is 0 Å². The van der Waals surface area contributed by atoms with Gasteiger partial charge in [0.2, 0.25) is 0 Å². The average Bonchev–Trinajstić information content (AvgIpc) is 2.63. The molecule has 4 heteroatoms. The van der Waals surface area contributed by atoms with Crippen molar-refractivity contribution in [3.8, 4) is 0 Å². The largest absolute Gasteiger partial charge is 0.463 e. The molecule has 0 amide bonds. The van der Waals surface area contributed by atoms with Gasteiger partial charge in [0, 0.05) is 12.6 Å². The van der Waals surface area contributed by atoms with E-state index in [4.69, 9.17) is 15.2 Å². The molecule has 1 rings (SSSR count). The van der Waals surface area contributed by atoms with E-state index in [2.05, 4.69) is 13.8 Å².